The number of hydrogen-bond donors (Lipinski definition) is 1. The Kier molecular flexibility index (Phi) is 6.38. The Morgan fingerprint density at radius 2 is 1.71 bits per heavy atom. The molecule has 1 aliphatic heterocycles. The summed E-state index contributed by atoms with van der Waals surface area (Å²) < 4.78 is 0. The molecule has 1 heterocycles. The Hall–Kier alpha value is -2.77. The second-order valence-corrected chi connectivity index (χ2v) is 7.29. The highest BCUT2D eigenvalue weighted by Crippen LogP contribution is 2.22. The van der Waals surface area contributed by atoms with E-state index in [-0.39, 0.29) is 11.6 Å². The number of nitro benzene ring substituents is 1. The zero-order chi connectivity index (χ0) is 20.1. The van der Waals surface area contributed by atoms with Crippen LogP contribution in [0, 0.1) is 24.0 Å². The zero-order valence-corrected chi connectivity index (χ0v) is 16.4. The molecule has 1 aliphatic rings. The number of amides is 1. The minimum absolute atomic E-state index is 0.0163. The van der Waals surface area contributed by atoms with Crippen molar-refractivity contribution in [3.8, 4) is 0 Å². The van der Waals surface area contributed by atoms with Crippen molar-refractivity contribution < 1.29 is 9.72 Å². The van der Waals surface area contributed by atoms with Gasteiger partial charge in [0.2, 0.25) is 5.91 Å². The predicted octanol–water partition coefficient (Wildman–Crippen LogP) is 2.97. The maximum Gasteiger partial charge on any atom is 0.274 e. The second-order valence-electron chi connectivity index (χ2n) is 7.29. The van der Waals surface area contributed by atoms with Crippen molar-refractivity contribution >= 4 is 17.3 Å². The molecule has 1 N–H and O–H groups in total. The summed E-state index contributed by atoms with van der Waals surface area (Å²) in [5, 5.41) is 13.8. The monoisotopic (exact) mass is 382 g/mol. The van der Waals surface area contributed by atoms with Crippen molar-refractivity contribution in [2.45, 2.75) is 20.4 Å². The number of benzene rings is 2. The summed E-state index contributed by atoms with van der Waals surface area (Å²) in [6, 6.07) is 13.2. The van der Waals surface area contributed by atoms with E-state index in [0.29, 0.717) is 17.8 Å². The SMILES string of the molecule is Cc1ccccc1CN1CCN(CC(=O)Nc2ccc(C)c([N+](=O)[O-])c2)CC1. The summed E-state index contributed by atoms with van der Waals surface area (Å²) >= 11 is 0. The Bertz CT molecular complexity index is 860. The summed E-state index contributed by atoms with van der Waals surface area (Å²) in [6.45, 7) is 8.51. The molecule has 3 rings (SSSR count). The number of carbonyl (C=O) groups excluding carboxylic acids is 1. The first-order valence-electron chi connectivity index (χ1n) is 9.46. The number of hydrogen-bond acceptors (Lipinski definition) is 5. The van der Waals surface area contributed by atoms with Crippen LogP contribution in [0.3, 0.4) is 0 Å². The molecule has 7 nitrogen and oxygen atoms in total. The molecule has 1 saturated heterocycles. The van der Waals surface area contributed by atoms with Crippen molar-refractivity contribution in [1.82, 2.24) is 9.80 Å². The van der Waals surface area contributed by atoms with Gasteiger partial charge in [0.25, 0.3) is 5.69 Å². The van der Waals surface area contributed by atoms with Crippen LogP contribution >= 0.6 is 0 Å². The normalized spacial score (nSPS) is 15.4. The Balaban J connectivity index is 1.48. The average Bonchev–Trinajstić information content (AvgIpc) is 2.66. The first kappa shape index (κ1) is 20.0. The van der Waals surface area contributed by atoms with Crippen molar-refractivity contribution in [3.05, 3.63) is 69.3 Å². The van der Waals surface area contributed by atoms with E-state index in [1.165, 1.54) is 17.2 Å². The largest absolute Gasteiger partial charge is 0.325 e. The number of nitrogens with one attached hydrogen (secondary N) is 1. The Labute approximate surface area is 165 Å². The molecule has 148 valence electrons. The topological polar surface area (TPSA) is 78.7 Å². The van der Waals surface area contributed by atoms with Crippen LogP contribution < -0.4 is 5.32 Å². The zero-order valence-electron chi connectivity index (χ0n) is 16.4. The molecule has 0 atom stereocenters. The maximum absolute atomic E-state index is 12.3. The summed E-state index contributed by atoms with van der Waals surface area (Å²) in [5.74, 6) is -0.148. The quantitative estimate of drug-likeness (QED) is 0.614. The summed E-state index contributed by atoms with van der Waals surface area (Å²) in [4.78, 5) is 27.5. The minimum atomic E-state index is -0.432. The van der Waals surface area contributed by atoms with Crippen LogP contribution in [0.25, 0.3) is 0 Å². The van der Waals surface area contributed by atoms with E-state index in [9.17, 15) is 14.9 Å². The third-order valence-electron chi connectivity index (χ3n) is 5.18. The molecule has 0 radical (unpaired) electrons. The molecule has 0 spiro atoms. The predicted molar refractivity (Wildman–Crippen MR) is 109 cm³/mol. The fraction of sp³-hybridized carbons (Fsp3) is 0.381. The Morgan fingerprint density at radius 1 is 1.04 bits per heavy atom. The van der Waals surface area contributed by atoms with Crippen LogP contribution in [-0.4, -0.2) is 53.4 Å². The van der Waals surface area contributed by atoms with Crippen LogP contribution in [-0.2, 0) is 11.3 Å². The highest BCUT2D eigenvalue weighted by Gasteiger charge is 2.20. The van der Waals surface area contributed by atoms with Gasteiger partial charge in [-0.3, -0.25) is 24.7 Å². The molecule has 7 heteroatoms. The number of nitro groups is 1. The lowest BCUT2D eigenvalue weighted by atomic mass is 10.1. The van der Waals surface area contributed by atoms with Crippen molar-refractivity contribution in [1.29, 1.82) is 0 Å². The maximum atomic E-state index is 12.3. The summed E-state index contributed by atoms with van der Waals surface area (Å²) in [5.41, 5.74) is 3.70. The molecular formula is C21H26N4O3. The number of nitrogens with zero attached hydrogens (tertiary/aromatic N) is 3. The second kappa shape index (κ2) is 8.95. The third kappa shape index (κ3) is 5.15. The number of rotatable bonds is 6. The fourth-order valence-corrected chi connectivity index (χ4v) is 3.42. The van der Waals surface area contributed by atoms with E-state index < -0.39 is 4.92 Å². The molecule has 0 bridgehead atoms. The van der Waals surface area contributed by atoms with E-state index >= 15 is 0 Å². The molecule has 2 aromatic carbocycles. The van der Waals surface area contributed by atoms with Gasteiger partial charge in [-0.25, -0.2) is 0 Å². The molecule has 28 heavy (non-hydrogen) atoms. The molecule has 1 amide bonds. The van der Waals surface area contributed by atoms with Crippen molar-refractivity contribution in [2.24, 2.45) is 0 Å². The highest BCUT2D eigenvalue weighted by atomic mass is 16.6. The smallest absolute Gasteiger partial charge is 0.274 e. The van der Waals surface area contributed by atoms with Crippen LogP contribution in [0.5, 0.6) is 0 Å². The molecule has 0 aromatic heterocycles. The van der Waals surface area contributed by atoms with Crippen molar-refractivity contribution in [2.75, 3.05) is 38.0 Å². The summed E-state index contributed by atoms with van der Waals surface area (Å²) in [7, 11) is 0. The number of piperazine rings is 1. The third-order valence-corrected chi connectivity index (χ3v) is 5.18. The van der Waals surface area contributed by atoms with Crippen LogP contribution in [0.15, 0.2) is 42.5 Å². The lowest BCUT2D eigenvalue weighted by molar-refractivity contribution is -0.385. The number of carbonyl (C=O) groups is 1. The van der Waals surface area contributed by atoms with Gasteiger partial charge in [-0.2, -0.15) is 0 Å². The van der Waals surface area contributed by atoms with Gasteiger partial charge in [-0.15, -0.1) is 0 Å². The van der Waals surface area contributed by atoms with Crippen LogP contribution in [0.2, 0.25) is 0 Å². The summed E-state index contributed by atoms with van der Waals surface area (Å²) in [6.07, 6.45) is 0. The fourth-order valence-electron chi connectivity index (χ4n) is 3.42. The molecule has 0 aliphatic carbocycles. The van der Waals surface area contributed by atoms with E-state index in [4.69, 9.17) is 0 Å². The average molecular weight is 382 g/mol. The van der Waals surface area contributed by atoms with Gasteiger partial charge in [-0.1, -0.05) is 30.3 Å². The molecule has 0 saturated carbocycles. The standard InChI is InChI=1S/C21H26N4O3/c1-16-5-3-4-6-18(16)14-23-9-11-24(12-10-23)15-21(26)22-19-8-7-17(2)20(13-19)25(27)28/h3-8,13H,9-12,14-15H2,1-2H3,(H,22,26). The lowest BCUT2D eigenvalue weighted by Crippen LogP contribution is -2.48. The van der Waals surface area contributed by atoms with E-state index in [2.05, 4.69) is 46.3 Å². The number of aryl methyl sites for hydroxylation is 2. The minimum Gasteiger partial charge on any atom is -0.325 e. The van der Waals surface area contributed by atoms with Gasteiger partial charge in [0.15, 0.2) is 0 Å². The van der Waals surface area contributed by atoms with Gasteiger partial charge >= 0.3 is 0 Å². The van der Waals surface area contributed by atoms with E-state index in [1.54, 1.807) is 19.1 Å². The Morgan fingerprint density at radius 3 is 2.39 bits per heavy atom. The van der Waals surface area contributed by atoms with Gasteiger partial charge in [0.1, 0.15) is 0 Å². The van der Waals surface area contributed by atoms with Crippen LogP contribution in [0.4, 0.5) is 11.4 Å². The lowest BCUT2D eigenvalue weighted by Gasteiger charge is -2.34. The van der Waals surface area contributed by atoms with Gasteiger partial charge in [0, 0.05) is 50.0 Å². The van der Waals surface area contributed by atoms with Gasteiger partial charge in [0.05, 0.1) is 11.5 Å². The van der Waals surface area contributed by atoms with Crippen LogP contribution in [0.1, 0.15) is 16.7 Å². The first-order chi connectivity index (χ1) is 13.4. The molecule has 1 fully saturated rings. The first-order valence-corrected chi connectivity index (χ1v) is 9.46. The molecular weight excluding hydrogens is 356 g/mol. The van der Waals surface area contributed by atoms with E-state index in [0.717, 1.165) is 32.7 Å². The van der Waals surface area contributed by atoms with Gasteiger partial charge < -0.3 is 5.32 Å². The van der Waals surface area contributed by atoms with Crippen molar-refractivity contribution in [3.63, 3.8) is 0 Å². The van der Waals surface area contributed by atoms with Gasteiger partial charge in [-0.05, 0) is 31.0 Å². The number of anilines is 1. The van der Waals surface area contributed by atoms with E-state index in [1.807, 2.05) is 0 Å². The highest BCUT2D eigenvalue weighted by molar-refractivity contribution is 5.92. The molecule has 2 aromatic rings. The molecule has 0 unspecified atom stereocenters.